The zero-order valence-electron chi connectivity index (χ0n) is 33.0. The third-order valence-corrected chi connectivity index (χ3v) is 10.1. The summed E-state index contributed by atoms with van der Waals surface area (Å²) in [7, 11) is 0. The summed E-state index contributed by atoms with van der Waals surface area (Å²) in [6.45, 7) is 10.8. The van der Waals surface area contributed by atoms with Crippen LogP contribution in [0.3, 0.4) is 0 Å². The standard InChI is InChI=1S/C46H50N4O6/c1-7-26-50(55-8-2)42(53)33-27-32-24-25-37(45(6)39(51)30-49(31-40(45)52)43(54)56-44(3,4)5)29-38(32)47-41(28-33)48-46(34-18-12-9-13-19-34,35-20-14-10-15-21-35)36-22-16-11-17-23-36/h9-25,27,29H,7-8,26,28,30-31H2,1-6H3,(H,47,48). The minimum Gasteiger partial charge on any atom is -0.444 e. The number of hydroxylamine groups is 2. The minimum absolute atomic E-state index is 0.129. The van der Waals surface area contributed by atoms with Crippen LogP contribution in [0.5, 0.6) is 0 Å². The van der Waals surface area contributed by atoms with E-state index in [1.54, 1.807) is 39.8 Å². The van der Waals surface area contributed by atoms with Gasteiger partial charge < -0.3 is 10.1 Å². The summed E-state index contributed by atoms with van der Waals surface area (Å²) in [5, 5.41) is 4.97. The van der Waals surface area contributed by atoms with Gasteiger partial charge in [0.15, 0.2) is 11.6 Å². The summed E-state index contributed by atoms with van der Waals surface area (Å²) in [5.74, 6) is -0.627. The summed E-state index contributed by atoms with van der Waals surface area (Å²) in [4.78, 5) is 67.6. The van der Waals surface area contributed by atoms with Gasteiger partial charge in [0, 0.05) is 24.2 Å². The topological polar surface area (TPSA) is 118 Å². The molecule has 0 saturated carbocycles. The smallest absolute Gasteiger partial charge is 0.411 e. The van der Waals surface area contributed by atoms with E-state index in [4.69, 9.17) is 14.6 Å². The average molecular weight is 755 g/mol. The molecule has 290 valence electrons. The molecule has 2 aliphatic rings. The van der Waals surface area contributed by atoms with Crippen molar-refractivity contribution in [2.75, 3.05) is 31.6 Å². The number of rotatable bonds is 10. The number of ketones is 2. The highest BCUT2D eigenvalue weighted by molar-refractivity contribution is 6.17. The highest BCUT2D eigenvalue weighted by Gasteiger charge is 2.49. The van der Waals surface area contributed by atoms with Crippen LogP contribution in [0.25, 0.3) is 6.08 Å². The first-order valence-corrected chi connectivity index (χ1v) is 19.2. The number of hydrogen-bond acceptors (Lipinski definition) is 7. The number of fused-ring (bicyclic) bond motifs is 1. The highest BCUT2D eigenvalue weighted by atomic mass is 16.7. The largest absolute Gasteiger partial charge is 0.444 e. The predicted octanol–water partition coefficient (Wildman–Crippen LogP) is 8.11. The van der Waals surface area contributed by atoms with Crippen molar-refractivity contribution in [3.63, 3.8) is 0 Å². The maximum absolute atomic E-state index is 14.3. The monoisotopic (exact) mass is 754 g/mol. The number of Topliss-reactive ketones (excluding diaryl/α,β-unsaturated/α-hetero) is 2. The first-order valence-electron chi connectivity index (χ1n) is 19.2. The Bertz CT molecular complexity index is 2020. The van der Waals surface area contributed by atoms with Gasteiger partial charge in [-0.15, -0.1) is 0 Å². The van der Waals surface area contributed by atoms with Crippen LogP contribution >= 0.6 is 0 Å². The molecule has 0 radical (unpaired) electrons. The number of benzene rings is 4. The number of likely N-dealkylation sites (tertiary alicyclic amines) is 1. The lowest BCUT2D eigenvalue weighted by Gasteiger charge is -2.37. The Morgan fingerprint density at radius 1 is 0.821 bits per heavy atom. The molecule has 2 amide bonds. The maximum atomic E-state index is 14.3. The zero-order valence-corrected chi connectivity index (χ0v) is 33.0. The molecule has 10 heteroatoms. The minimum atomic E-state index is -1.53. The molecule has 4 aromatic carbocycles. The molecule has 0 aromatic heterocycles. The van der Waals surface area contributed by atoms with E-state index in [9.17, 15) is 19.2 Å². The van der Waals surface area contributed by atoms with E-state index >= 15 is 0 Å². The SMILES string of the molecule is CCCN(OCC)C(=O)C1=Cc2ccc(C3(C)C(=O)CN(C(=O)OC(C)(C)C)CC3=O)cc2NC(=NC(c2ccccc2)(c2ccccc2)c2ccccc2)C1. The van der Waals surface area contributed by atoms with Gasteiger partial charge in [0.25, 0.3) is 5.91 Å². The fraction of sp³-hybridized carbons (Fsp3) is 0.326. The maximum Gasteiger partial charge on any atom is 0.411 e. The van der Waals surface area contributed by atoms with Crippen LogP contribution in [-0.4, -0.2) is 71.2 Å². The van der Waals surface area contributed by atoms with Gasteiger partial charge in [0.05, 0.1) is 19.7 Å². The lowest BCUT2D eigenvalue weighted by molar-refractivity contribution is -0.180. The van der Waals surface area contributed by atoms with Gasteiger partial charge in [-0.3, -0.25) is 29.1 Å². The third kappa shape index (κ3) is 8.07. The number of carbonyl (C=O) groups is 4. The van der Waals surface area contributed by atoms with E-state index in [0.717, 1.165) is 21.6 Å². The Morgan fingerprint density at radius 3 is 1.84 bits per heavy atom. The number of aliphatic imine (C=N–C) groups is 1. The number of carbonyl (C=O) groups excluding carboxylic acids is 4. The van der Waals surface area contributed by atoms with Crippen LogP contribution in [0, 0.1) is 0 Å². The van der Waals surface area contributed by atoms with Crippen molar-refractivity contribution >= 4 is 41.2 Å². The van der Waals surface area contributed by atoms with Crippen LogP contribution in [0.4, 0.5) is 10.5 Å². The number of ether oxygens (including phenoxy) is 1. The number of hydrogen-bond donors (Lipinski definition) is 1. The van der Waals surface area contributed by atoms with Crippen molar-refractivity contribution < 1.29 is 28.8 Å². The van der Waals surface area contributed by atoms with E-state index in [1.165, 1.54) is 5.06 Å². The van der Waals surface area contributed by atoms with Crippen LogP contribution in [0.1, 0.15) is 82.2 Å². The van der Waals surface area contributed by atoms with Gasteiger partial charge >= 0.3 is 6.09 Å². The summed E-state index contributed by atoms with van der Waals surface area (Å²) in [6.07, 6.45) is 1.94. The number of piperidine rings is 1. The molecule has 2 aliphatic heterocycles. The molecule has 0 atom stereocenters. The highest BCUT2D eigenvalue weighted by Crippen LogP contribution is 2.42. The van der Waals surface area contributed by atoms with E-state index in [1.807, 2.05) is 80.6 Å². The Labute approximate surface area is 329 Å². The summed E-state index contributed by atoms with van der Waals surface area (Å²) < 4.78 is 5.47. The molecule has 1 saturated heterocycles. The summed E-state index contributed by atoms with van der Waals surface area (Å²) in [5.41, 5.74) is 1.57. The third-order valence-electron chi connectivity index (χ3n) is 10.1. The molecule has 1 fully saturated rings. The van der Waals surface area contributed by atoms with Gasteiger partial charge in [-0.05, 0) is 81.0 Å². The van der Waals surface area contributed by atoms with Gasteiger partial charge in [-0.2, -0.15) is 0 Å². The van der Waals surface area contributed by atoms with Gasteiger partial charge in [-0.1, -0.05) is 110 Å². The Morgan fingerprint density at radius 2 is 1.36 bits per heavy atom. The molecular weight excluding hydrogens is 705 g/mol. The fourth-order valence-electron chi connectivity index (χ4n) is 7.25. The van der Waals surface area contributed by atoms with Crippen LogP contribution in [-0.2, 0) is 34.9 Å². The van der Waals surface area contributed by atoms with Crippen LogP contribution in [0.15, 0.2) is 120 Å². The number of nitrogens with one attached hydrogen (secondary N) is 1. The molecule has 1 N–H and O–H groups in total. The van der Waals surface area contributed by atoms with E-state index in [0.29, 0.717) is 47.8 Å². The second kappa shape index (κ2) is 16.5. The van der Waals surface area contributed by atoms with Crippen LogP contribution < -0.4 is 5.32 Å². The predicted molar refractivity (Wildman–Crippen MR) is 218 cm³/mol. The second-order valence-corrected chi connectivity index (χ2v) is 15.3. The van der Waals surface area contributed by atoms with Crippen molar-refractivity contribution in [1.29, 1.82) is 0 Å². The second-order valence-electron chi connectivity index (χ2n) is 15.3. The van der Waals surface area contributed by atoms with Gasteiger partial charge in [0.2, 0.25) is 0 Å². The number of nitrogens with zero attached hydrogens (tertiary/aromatic N) is 3. The molecule has 0 aliphatic carbocycles. The quantitative estimate of drug-likeness (QED) is 0.0988. The van der Waals surface area contributed by atoms with Crippen molar-refractivity contribution in [1.82, 2.24) is 9.96 Å². The van der Waals surface area contributed by atoms with Crippen molar-refractivity contribution in [3.05, 3.63) is 143 Å². The number of anilines is 1. The van der Waals surface area contributed by atoms with E-state index in [2.05, 4.69) is 41.7 Å². The Hall–Kier alpha value is -5.87. The summed E-state index contributed by atoms with van der Waals surface area (Å²) >= 11 is 0. The fourth-order valence-corrected chi connectivity index (χ4v) is 7.25. The molecule has 2 heterocycles. The van der Waals surface area contributed by atoms with Crippen molar-refractivity contribution in [2.45, 2.75) is 70.9 Å². The molecule has 10 nitrogen and oxygen atoms in total. The molecule has 0 unspecified atom stereocenters. The van der Waals surface area contributed by atoms with E-state index in [-0.39, 0.29) is 25.4 Å². The average Bonchev–Trinajstić information content (AvgIpc) is 3.37. The first kappa shape index (κ1) is 39.8. The molecule has 6 rings (SSSR count). The first-order chi connectivity index (χ1) is 26.8. The number of amidine groups is 1. The zero-order chi connectivity index (χ0) is 40.1. The lowest BCUT2D eigenvalue weighted by atomic mass is 9.72. The normalized spacial score (nSPS) is 16.4. The molecule has 4 aromatic rings. The molecule has 0 bridgehead atoms. The molecule has 56 heavy (non-hydrogen) atoms. The molecule has 0 spiro atoms. The number of amides is 2. The molecular formula is C46H50N4O6. The summed E-state index contributed by atoms with van der Waals surface area (Å²) in [6, 6.07) is 35.5. The van der Waals surface area contributed by atoms with Crippen LogP contribution in [0.2, 0.25) is 0 Å². The van der Waals surface area contributed by atoms with E-state index < -0.39 is 34.2 Å². The van der Waals surface area contributed by atoms with Crippen molar-refractivity contribution in [2.24, 2.45) is 4.99 Å². The lowest BCUT2D eigenvalue weighted by Crippen LogP contribution is -2.58. The van der Waals surface area contributed by atoms with Gasteiger partial charge in [-0.25, -0.2) is 9.86 Å². The van der Waals surface area contributed by atoms with Crippen molar-refractivity contribution in [3.8, 4) is 0 Å². The Kier molecular flexibility index (Phi) is 11.7. The Balaban J connectivity index is 1.52. The van der Waals surface area contributed by atoms with Gasteiger partial charge in [0.1, 0.15) is 22.4 Å².